The van der Waals surface area contributed by atoms with Crippen LogP contribution in [0.5, 0.6) is 0 Å². The van der Waals surface area contributed by atoms with Crippen molar-refractivity contribution in [3.8, 4) is 12.3 Å². The van der Waals surface area contributed by atoms with Crippen molar-refractivity contribution in [2.24, 2.45) is 0 Å². The zero-order chi connectivity index (χ0) is 16.9. The van der Waals surface area contributed by atoms with Crippen molar-refractivity contribution in [2.45, 2.75) is 36.3 Å². The molecule has 2 aromatic heterocycles. The van der Waals surface area contributed by atoms with Crippen LogP contribution in [0.2, 0.25) is 0 Å². The van der Waals surface area contributed by atoms with Gasteiger partial charge in [0.1, 0.15) is 12.2 Å². The first-order valence-electron chi connectivity index (χ1n) is 6.84. The van der Waals surface area contributed by atoms with E-state index in [1.165, 1.54) is 23.8 Å². The largest absolute Gasteiger partial charge is 0.391 e. The minimum atomic E-state index is -1.63. The number of halogens is 1. The van der Waals surface area contributed by atoms with Crippen LogP contribution >= 0.6 is 11.6 Å². The molecule has 122 valence electrons. The number of H-pyrrole nitrogens is 1. The van der Waals surface area contributed by atoms with E-state index in [2.05, 4.69) is 15.9 Å². The van der Waals surface area contributed by atoms with Crippen LogP contribution in [0, 0.1) is 12.3 Å². The number of nitrogens with two attached hydrogens (primary N) is 1. The fourth-order valence-electron chi connectivity index (χ4n) is 2.76. The lowest BCUT2D eigenvalue weighted by Crippen LogP contribution is -2.43. The van der Waals surface area contributed by atoms with Crippen LogP contribution in [0.4, 0.5) is 5.95 Å². The predicted molar refractivity (Wildman–Crippen MR) is 83.8 cm³/mol. The van der Waals surface area contributed by atoms with Crippen molar-refractivity contribution in [1.82, 2.24) is 14.5 Å². The average molecular weight is 339 g/mol. The van der Waals surface area contributed by atoms with Crippen molar-refractivity contribution in [2.75, 3.05) is 5.73 Å². The molecule has 8 nitrogen and oxygen atoms in total. The number of aromatic amines is 1. The first-order chi connectivity index (χ1) is 10.8. The maximum Gasteiger partial charge on any atom is 0.261 e. The van der Waals surface area contributed by atoms with E-state index in [4.69, 9.17) is 28.5 Å². The molecule has 1 aliphatic heterocycles. The second-order valence-electron chi connectivity index (χ2n) is 5.46. The van der Waals surface area contributed by atoms with Gasteiger partial charge in [-0.05, 0) is 13.0 Å². The number of anilines is 1. The van der Waals surface area contributed by atoms with Gasteiger partial charge < -0.3 is 25.3 Å². The first-order valence-corrected chi connectivity index (χ1v) is 7.22. The summed E-state index contributed by atoms with van der Waals surface area (Å²) >= 11 is 6.39. The molecule has 9 heteroatoms. The molecule has 0 bridgehead atoms. The maximum atomic E-state index is 11.9. The zero-order valence-electron chi connectivity index (χ0n) is 12.1. The van der Waals surface area contributed by atoms with Crippen molar-refractivity contribution < 1.29 is 14.9 Å². The SMILES string of the molecule is C#CC1(Cl)C(O)[C@@H]([C@H](C)O)O[C@H]1n1ccc2c(=O)[nH]c(N)nc21. The minimum absolute atomic E-state index is 0.0750. The number of terminal acetylenes is 1. The summed E-state index contributed by atoms with van der Waals surface area (Å²) in [4.78, 5) is 16.7. The lowest BCUT2D eigenvalue weighted by atomic mass is 9.97. The number of nitrogens with zero attached hydrogens (tertiary/aromatic N) is 2. The molecule has 2 aromatic rings. The fourth-order valence-corrected chi connectivity index (χ4v) is 3.04. The van der Waals surface area contributed by atoms with Gasteiger partial charge in [-0.25, -0.2) is 0 Å². The highest BCUT2D eigenvalue weighted by Crippen LogP contribution is 2.44. The normalized spacial score (nSPS) is 32.0. The first kappa shape index (κ1) is 15.8. The van der Waals surface area contributed by atoms with Crippen LogP contribution in [-0.2, 0) is 4.74 Å². The molecule has 0 spiro atoms. The van der Waals surface area contributed by atoms with Gasteiger partial charge >= 0.3 is 0 Å². The number of hydrogen-bond acceptors (Lipinski definition) is 6. The third-order valence-electron chi connectivity index (χ3n) is 3.94. The van der Waals surface area contributed by atoms with Crippen molar-refractivity contribution in [1.29, 1.82) is 0 Å². The Labute approximate surface area is 135 Å². The fraction of sp³-hybridized carbons (Fsp3) is 0.429. The second-order valence-corrected chi connectivity index (χ2v) is 6.09. The highest BCUT2D eigenvalue weighted by Gasteiger charge is 2.57. The Bertz CT molecular complexity index is 855. The van der Waals surface area contributed by atoms with E-state index in [-0.39, 0.29) is 17.0 Å². The van der Waals surface area contributed by atoms with Crippen LogP contribution in [0.3, 0.4) is 0 Å². The van der Waals surface area contributed by atoms with Gasteiger partial charge in [0.25, 0.3) is 5.56 Å². The molecule has 0 saturated carbocycles. The summed E-state index contributed by atoms with van der Waals surface area (Å²) in [6.07, 6.45) is 2.69. The van der Waals surface area contributed by atoms with E-state index in [0.717, 1.165) is 0 Å². The molecule has 0 radical (unpaired) electrons. The van der Waals surface area contributed by atoms with E-state index in [1.54, 1.807) is 0 Å². The number of ether oxygens (including phenoxy) is 1. The van der Waals surface area contributed by atoms with Gasteiger partial charge in [0.15, 0.2) is 16.7 Å². The third-order valence-corrected chi connectivity index (χ3v) is 4.46. The Balaban J connectivity index is 2.18. The Morgan fingerprint density at radius 3 is 3.00 bits per heavy atom. The summed E-state index contributed by atoms with van der Waals surface area (Å²) in [6.45, 7) is 1.46. The van der Waals surface area contributed by atoms with E-state index < -0.39 is 35.0 Å². The minimum Gasteiger partial charge on any atom is -0.391 e. The van der Waals surface area contributed by atoms with Crippen molar-refractivity contribution in [3.05, 3.63) is 22.6 Å². The number of nitrogens with one attached hydrogen (secondary N) is 1. The summed E-state index contributed by atoms with van der Waals surface area (Å²) < 4.78 is 7.10. The molecule has 5 atom stereocenters. The Morgan fingerprint density at radius 2 is 2.39 bits per heavy atom. The molecule has 0 aliphatic carbocycles. The van der Waals surface area contributed by atoms with Gasteiger partial charge in [0.05, 0.1) is 11.5 Å². The van der Waals surface area contributed by atoms with Crippen molar-refractivity contribution >= 4 is 28.6 Å². The maximum absolute atomic E-state index is 11.9. The molecular formula is C14H15ClN4O4. The summed E-state index contributed by atoms with van der Waals surface area (Å²) in [5.74, 6) is 2.25. The number of hydrogen-bond donors (Lipinski definition) is 4. The van der Waals surface area contributed by atoms with Gasteiger partial charge in [-0.2, -0.15) is 4.98 Å². The number of alkyl halides is 1. The summed E-state index contributed by atoms with van der Waals surface area (Å²) in [5, 5.41) is 20.4. The van der Waals surface area contributed by atoms with Crippen LogP contribution in [0.15, 0.2) is 17.1 Å². The molecule has 5 N–H and O–H groups in total. The van der Waals surface area contributed by atoms with E-state index in [9.17, 15) is 15.0 Å². The molecule has 0 aromatic carbocycles. The Kier molecular flexibility index (Phi) is 3.61. The molecular weight excluding hydrogens is 324 g/mol. The van der Waals surface area contributed by atoms with E-state index >= 15 is 0 Å². The van der Waals surface area contributed by atoms with Gasteiger partial charge in [0, 0.05) is 6.20 Å². The summed E-state index contributed by atoms with van der Waals surface area (Å²) in [6, 6.07) is 1.51. The molecule has 1 fully saturated rings. The van der Waals surface area contributed by atoms with Crippen LogP contribution in [-0.4, -0.2) is 47.9 Å². The lowest BCUT2D eigenvalue weighted by molar-refractivity contribution is -0.0751. The highest BCUT2D eigenvalue weighted by atomic mass is 35.5. The second kappa shape index (κ2) is 5.25. The quantitative estimate of drug-likeness (QED) is 0.434. The number of fused-ring (bicyclic) bond motifs is 1. The molecule has 2 unspecified atom stereocenters. The number of aromatic nitrogens is 3. The van der Waals surface area contributed by atoms with Crippen molar-refractivity contribution in [3.63, 3.8) is 0 Å². The monoisotopic (exact) mass is 338 g/mol. The highest BCUT2D eigenvalue weighted by molar-refractivity contribution is 6.27. The van der Waals surface area contributed by atoms with Gasteiger partial charge in [0.2, 0.25) is 5.95 Å². The smallest absolute Gasteiger partial charge is 0.261 e. The Hall–Kier alpha value is -2.05. The summed E-state index contributed by atoms with van der Waals surface area (Å²) in [5.41, 5.74) is 5.37. The van der Waals surface area contributed by atoms with Crippen LogP contribution in [0.1, 0.15) is 13.2 Å². The molecule has 23 heavy (non-hydrogen) atoms. The molecule has 1 aliphatic rings. The molecule has 3 rings (SSSR count). The summed E-state index contributed by atoms with van der Waals surface area (Å²) in [7, 11) is 0. The third kappa shape index (κ3) is 2.21. The number of nitrogen functional groups attached to an aromatic ring is 1. The molecule has 3 heterocycles. The standard InChI is InChI=1S/C14H15ClN4O4/c1-3-14(15)9(21)8(6(2)20)23-12(14)19-5-4-7-10(19)17-13(16)18-11(7)22/h1,4-6,8-9,12,20-21H,2H3,(H3,16,17,18,22)/t6-,8+,9?,12+,14?/m0/s1. The predicted octanol–water partition coefficient (Wildman–Crippen LogP) is -0.443. The number of aliphatic hydroxyl groups excluding tert-OH is 2. The number of aliphatic hydroxyl groups is 2. The van der Waals surface area contributed by atoms with Gasteiger partial charge in [-0.1, -0.05) is 17.5 Å². The topological polar surface area (TPSA) is 126 Å². The van der Waals surface area contributed by atoms with Crippen LogP contribution < -0.4 is 11.3 Å². The van der Waals surface area contributed by atoms with E-state index in [1.807, 2.05) is 0 Å². The van der Waals surface area contributed by atoms with E-state index in [0.29, 0.717) is 0 Å². The Morgan fingerprint density at radius 1 is 1.70 bits per heavy atom. The molecule has 1 saturated heterocycles. The zero-order valence-corrected chi connectivity index (χ0v) is 12.9. The lowest BCUT2D eigenvalue weighted by Gasteiger charge is -2.25. The van der Waals surface area contributed by atoms with Gasteiger partial charge in [-0.15, -0.1) is 6.42 Å². The van der Waals surface area contributed by atoms with Crippen LogP contribution in [0.25, 0.3) is 11.0 Å². The van der Waals surface area contributed by atoms with Gasteiger partial charge in [-0.3, -0.25) is 9.78 Å². The number of rotatable bonds is 2. The molecule has 0 amide bonds. The average Bonchev–Trinajstić information content (AvgIpc) is 3.00.